The van der Waals surface area contributed by atoms with Crippen LogP contribution in [0, 0.1) is 6.92 Å². The first-order valence-electron chi connectivity index (χ1n) is 6.73. The molecular weight excluding hydrogens is 270 g/mol. The molecule has 0 saturated heterocycles. The maximum absolute atomic E-state index is 6.19. The molecule has 0 fully saturated rings. The summed E-state index contributed by atoms with van der Waals surface area (Å²) in [5.74, 6) is 0.965. The van der Waals surface area contributed by atoms with Crippen LogP contribution in [0.2, 0.25) is 0 Å². The molecule has 1 N–H and O–H groups in total. The zero-order valence-electron chi connectivity index (χ0n) is 13.0. The third kappa shape index (κ3) is 4.55. The Balaban J connectivity index is 0.00000200. The third-order valence-electron chi connectivity index (χ3n) is 3.19. The van der Waals surface area contributed by atoms with Crippen LogP contribution in [0.5, 0.6) is 5.75 Å². The van der Waals surface area contributed by atoms with Gasteiger partial charge in [-0.3, -0.25) is 0 Å². The summed E-state index contributed by atoms with van der Waals surface area (Å²) in [6.07, 6.45) is 1.05. The van der Waals surface area contributed by atoms with E-state index in [4.69, 9.17) is 4.74 Å². The minimum absolute atomic E-state index is 0. The van der Waals surface area contributed by atoms with Crippen LogP contribution in [0.4, 0.5) is 0 Å². The molecule has 108 valence electrons. The molecule has 2 nitrogen and oxygen atoms in total. The molecular formula is C17H22ClNO. The molecule has 0 aliphatic heterocycles. The van der Waals surface area contributed by atoms with E-state index >= 15 is 0 Å². The molecule has 1 atom stereocenters. The van der Waals surface area contributed by atoms with Crippen molar-refractivity contribution in [2.45, 2.75) is 19.4 Å². The lowest BCUT2D eigenvalue weighted by Crippen LogP contribution is -3.00. The molecule has 2 aromatic carbocycles. The second-order valence-corrected chi connectivity index (χ2v) is 4.67. The van der Waals surface area contributed by atoms with Crippen molar-refractivity contribution in [1.29, 1.82) is 0 Å². The summed E-state index contributed by atoms with van der Waals surface area (Å²) in [5.41, 5.74) is 2.40. The lowest BCUT2D eigenvalue weighted by atomic mass is 10.1. The molecule has 2 rings (SSSR count). The molecule has 0 aliphatic rings. The van der Waals surface area contributed by atoms with Crippen LogP contribution in [0.1, 0.15) is 25.1 Å². The van der Waals surface area contributed by atoms with E-state index in [-0.39, 0.29) is 19.9 Å². The number of halogens is 1. The zero-order valence-corrected chi connectivity index (χ0v) is 12.7. The first-order chi connectivity index (χ1) is 9.31. The van der Waals surface area contributed by atoms with E-state index in [0.29, 0.717) is 0 Å². The van der Waals surface area contributed by atoms with Crippen molar-refractivity contribution in [1.82, 2.24) is 5.32 Å². The molecule has 0 spiro atoms. The summed E-state index contributed by atoms with van der Waals surface area (Å²) in [7, 11) is 1.97. The van der Waals surface area contributed by atoms with Gasteiger partial charge in [-0.2, -0.15) is 0 Å². The van der Waals surface area contributed by atoms with Crippen LogP contribution in [0.25, 0.3) is 0 Å². The molecule has 20 heavy (non-hydrogen) atoms. The van der Waals surface area contributed by atoms with Gasteiger partial charge in [0, 0.05) is 6.42 Å². The largest absolute Gasteiger partial charge is 1.00 e. The van der Waals surface area contributed by atoms with Crippen LogP contribution in [-0.2, 0) is 0 Å². The molecule has 0 heterocycles. The van der Waals surface area contributed by atoms with Gasteiger partial charge < -0.3 is 22.5 Å². The van der Waals surface area contributed by atoms with Gasteiger partial charge in [-0.05, 0) is 37.7 Å². The number of nitrogens with one attached hydrogen (secondary N) is 1. The maximum Gasteiger partial charge on any atom is 1.00 e. The number of ether oxygens (including phenoxy) is 1. The second kappa shape index (κ2) is 8.62. The molecule has 3 heteroatoms. The summed E-state index contributed by atoms with van der Waals surface area (Å²) in [6, 6.07) is 18.6. The number of benzene rings is 2. The quantitative estimate of drug-likeness (QED) is 0.852. The van der Waals surface area contributed by atoms with Gasteiger partial charge in [0.25, 0.3) is 0 Å². The number of hydrogen-bond donors (Lipinski definition) is 1. The Labute approximate surface area is 129 Å². The smallest absolute Gasteiger partial charge is 1.00 e. The fourth-order valence-corrected chi connectivity index (χ4v) is 2.08. The Morgan fingerprint density at radius 1 is 1.05 bits per heavy atom. The minimum atomic E-state index is 0. The van der Waals surface area contributed by atoms with Gasteiger partial charge in [0.15, 0.2) is 0 Å². The van der Waals surface area contributed by atoms with Crippen molar-refractivity contribution in [2.75, 3.05) is 13.6 Å². The lowest BCUT2D eigenvalue weighted by Gasteiger charge is -2.20. The van der Waals surface area contributed by atoms with Crippen LogP contribution in [-0.4, -0.2) is 13.6 Å². The fourth-order valence-electron chi connectivity index (χ4n) is 2.08. The van der Waals surface area contributed by atoms with Crippen molar-refractivity contribution in [3.63, 3.8) is 0 Å². The molecule has 0 aliphatic carbocycles. The highest BCUT2D eigenvalue weighted by Crippen LogP contribution is 2.26. The van der Waals surface area contributed by atoms with E-state index < -0.39 is 0 Å². The summed E-state index contributed by atoms with van der Waals surface area (Å²) in [6.45, 7) is 3.01. The highest BCUT2D eigenvalue weighted by Gasteiger charge is 2.13. The summed E-state index contributed by atoms with van der Waals surface area (Å²) >= 11 is 0. The normalized spacial score (nSPS) is 11.5. The number of para-hydroxylation sites is 1. The van der Waals surface area contributed by atoms with Gasteiger partial charge in [-0.25, -0.2) is 0 Å². The molecule has 2 aromatic rings. The highest BCUT2D eigenvalue weighted by molar-refractivity contribution is 5.33. The summed E-state index contributed by atoms with van der Waals surface area (Å²) < 4.78 is 6.19. The van der Waals surface area contributed by atoms with Gasteiger partial charge >= 0.3 is 1.43 Å². The van der Waals surface area contributed by atoms with Crippen molar-refractivity contribution >= 4 is 0 Å². The van der Waals surface area contributed by atoms with E-state index in [9.17, 15) is 0 Å². The van der Waals surface area contributed by atoms with Gasteiger partial charge in [0.05, 0.1) is 0 Å². The Morgan fingerprint density at radius 2 is 1.70 bits per heavy atom. The van der Waals surface area contributed by atoms with Crippen LogP contribution in [0.15, 0.2) is 54.6 Å². The third-order valence-corrected chi connectivity index (χ3v) is 3.19. The molecule has 0 unspecified atom stereocenters. The first-order valence-corrected chi connectivity index (χ1v) is 6.73. The summed E-state index contributed by atoms with van der Waals surface area (Å²) in [5, 5.41) is 3.19. The standard InChI is InChI=1S/C17H21NO.ClH/c1-14-8-6-7-11-16(14)19-17(12-13-18-2)15-9-4-3-5-10-15;/h3-11,17-18H,12-13H2,1-2H3;1H/t17-;/m1./s1. The zero-order chi connectivity index (χ0) is 13.5. The van der Waals surface area contributed by atoms with E-state index in [1.807, 2.05) is 31.3 Å². The van der Waals surface area contributed by atoms with E-state index in [1.54, 1.807) is 0 Å². The number of hydrogen-bond acceptors (Lipinski definition) is 2. The van der Waals surface area contributed by atoms with Crippen LogP contribution in [0.3, 0.4) is 0 Å². The Morgan fingerprint density at radius 3 is 2.35 bits per heavy atom. The topological polar surface area (TPSA) is 21.3 Å². The molecule has 0 radical (unpaired) electrons. The van der Waals surface area contributed by atoms with E-state index in [1.165, 1.54) is 11.1 Å². The minimum Gasteiger partial charge on any atom is -1.00 e. The first kappa shape index (κ1) is 16.5. The van der Waals surface area contributed by atoms with Crippen LogP contribution >= 0.6 is 0 Å². The molecule has 0 amide bonds. The van der Waals surface area contributed by atoms with Crippen molar-refractivity contribution in [3.05, 3.63) is 65.7 Å². The second-order valence-electron chi connectivity index (χ2n) is 4.67. The lowest BCUT2D eigenvalue weighted by molar-refractivity contribution is -0.00000469. The van der Waals surface area contributed by atoms with Gasteiger partial charge in [-0.15, -0.1) is 0 Å². The fraction of sp³-hybridized carbons (Fsp3) is 0.294. The Bertz CT molecular complexity index is 507. The average Bonchev–Trinajstić information content (AvgIpc) is 2.46. The van der Waals surface area contributed by atoms with E-state index in [2.05, 4.69) is 42.6 Å². The Kier molecular flexibility index (Phi) is 7.13. The predicted octanol–water partition coefficient (Wildman–Crippen LogP) is 0.841. The van der Waals surface area contributed by atoms with Crippen LogP contribution < -0.4 is 22.5 Å². The predicted molar refractivity (Wildman–Crippen MR) is 80.6 cm³/mol. The monoisotopic (exact) mass is 291 g/mol. The Hall–Kier alpha value is -1.51. The number of aryl methyl sites for hydroxylation is 1. The van der Waals surface area contributed by atoms with E-state index in [0.717, 1.165) is 18.7 Å². The highest BCUT2D eigenvalue weighted by atomic mass is 35.5. The average molecular weight is 292 g/mol. The van der Waals surface area contributed by atoms with Crippen molar-refractivity contribution in [3.8, 4) is 5.75 Å². The maximum atomic E-state index is 6.19. The molecule has 0 bridgehead atoms. The summed E-state index contributed by atoms with van der Waals surface area (Å²) in [4.78, 5) is 0. The van der Waals surface area contributed by atoms with Gasteiger partial charge in [0.2, 0.25) is 0 Å². The molecule has 0 saturated carbocycles. The van der Waals surface area contributed by atoms with Gasteiger partial charge in [0.1, 0.15) is 11.9 Å². The number of rotatable bonds is 6. The molecule has 0 aromatic heterocycles. The SMILES string of the molecule is CNCC[C@@H](Oc1ccccc1C)c1ccccc1.[Cl-].[H+]. The van der Waals surface area contributed by atoms with Crippen molar-refractivity contribution < 1.29 is 18.6 Å². The van der Waals surface area contributed by atoms with Gasteiger partial charge in [-0.1, -0.05) is 48.5 Å². The van der Waals surface area contributed by atoms with Crippen molar-refractivity contribution in [2.24, 2.45) is 0 Å².